The van der Waals surface area contributed by atoms with E-state index in [1.54, 1.807) is 0 Å². The van der Waals surface area contributed by atoms with E-state index in [-0.39, 0.29) is 24.8 Å². The van der Waals surface area contributed by atoms with E-state index in [0.29, 0.717) is 6.42 Å². The zero-order chi connectivity index (χ0) is 18.5. The lowest BCUT2D eigenvalue weighted by Gasteiger charge is -2.24. The minimum absolute atomic E-state index is 0.0183. The highest BCUT2D eigenvalue weighted by Gasteiger charge is 2.55. The van der Waals surface area contributed by atoms with Gasteiger partial charge in [0.25, 0.3) is 0 Å². The molecule has 1 aliphatic heterocycles. The number of aliphatic hydroxyl groups is 1. The van der Waals surface area contributed by atoms with E-state index < -0.39 is 11.5 Å². The number of benzene rings is 2. The van der Waals surface area contributed by atoms with Crippen molar-refractivity contribution in [2.75, 3.05) is 6.54 Å². The third kappa shape index (κ3) is 2.56. The standard InChI is InChI=1S/C22H23NO3/c1-14-9-15(2)11-17(10-14)19(24)13-23-20(25)12-22(21(23)26)8-7-16-5-3-4-6-18(16)22/h3-6,9-11,19,24H,7-8,12-13H2,1-2H3. The van der Waals surface area contributed by atoms with Gasteiger partial charge >= 0.3 is 0 Å². The number of carbonyl (C=O) groups excluding carboxylic acids is 2. The van der Waals surface area contributed by atoms with E-state index in [2.05, 4.69) is 0 Å². The molecule has 4 nitrogen and oxygen atoms in total. The van der Waals surface area contributed by atoms with Gasteiger partial charge in [-0.15, -0.1) is 0 Å². The van der Waals surface area contributed by atoms with Gasteiger partial charge in [0.05, 0.1) is 18.1 Å². The molecule has 1 saturated heterocycles. The van der Waals surface area contributed by atoms with Crippen LogP contribution in [0.4, 0.5) is 0 Å². The van der Waals surface area contributed by atoms with Crippen molar-refractivity contribution in [2.45, 2.75) is 44.6 Å². The van der Waals surface area contributed by atoms with Crippen LogP contribution in [0.3, 0.4) is 0 Å². The molecule has 2 aromatic carbocycles. The van der Waals surface area contributed by atoms with Gasteiger partial charge in [-0.3, -0.25) is 14.5 Å². The van der Waals surface area contributed by atoms with Crippen LogP contribution in [0.25, 0.3) is 0 Å². The maximum atomic E-state index is 13.2. The van der Waals surface area contributed by atoms with Crippen LogP contribution in [-0.2, 0) is 21.4 Å². The van der Waals surface area contributed by atoms with Gasteiger partial charge in [-0.2, -0.15) is 0 Å². The Hall–Kier alpha value is -2.46. The lowest BCUT2D eigenvalue weighted by atomic mass is 9.80. The molecule has 4 heteroatoms. The lowest BCUT2D eigenvalue weighted by molar-refractivity contribution is -0.141. The molecule has 1 spiro atoms. The molecule has 2 unspecified atom stereocenters. The summed E-state index contributed by atoms with van der Waals surface area (Å²) in [6, 6.07) is 13.8. The third-order valence-electron chi connectivity index (χ3n) is 5.75. The van der Waals surface area contributed by atoms with Crippen LogP contribution >= 0.6 is 0 Å². The Bertz CT molecular complexity index is 884. The van der Waals surface area contributed by atoms with Crippen molar-refractivity contribution in [3.8, 4) is 0 Å². The Morgan fingerprint density at radius 1 is 1.12 bits per heavy atom. The van der Waals surface area contributed by atoms with Crippen molar-refractivity contribution < 1.29 is 14.7 Å². The van der Waals surface area contributed by atoms with Gasteiger partial charge in [0.15, 0.2) is 0 Å². The summed E-state index contributed by atoms with van der Waals surface area (Å²) in [6.07, 6.45) is 0.839. The molecule has 1 N–H and O–H groups in total. The number of nitrogens with zero attached hydrogens (tertiary/aromatic N) is 1. The molecule has 1 aliphatic carbocycles. The number of hydrogen-bond acceptors (Lipinski definition) is 3. The molecule has 4 rings (SSSR count). The minimum Gasteiger partial charge on any atom is -0.387 e. The summed E-state index contributed by atoms with van der Waals surface area (Å²) in [4.78, 5) is 27.1. The largest absolute Gasteiger partial charge is 0.387 e. The Balaban J connectivity index is 1.61. The number of carbonyl (C=O) groups is 2. The van der Waals surface area contributed by atoms with E-state index in [9.17, 15) is 14.7 Å². The molecular weight excluding hydrogens is 326 g/mol. The molecular formula is C22H23NO3. The maximum Gasteiger partial charge on any atom is 0.240 e. The first-order valence-electron chi connectivity index (χ1n) is 9.10. The predicted octanol–water partition coefficient (Wildman–Crippen LogP) is 2.98. The summed E-state index contributed by atoms with van der Waals surface area (Å²) in [5.74, 6) is -0.342. The highest BCUT2D eigenvalue weighted by Crippen LogP contribution is 2.47. The highest BCUT2D eigenvalue weighted by molar-refractivity contribution is 6.09. The van der Waals surface area contributed by atoms with E-state index in [4.69, 9.17) is 0 Å². The number of likely N-dealkylation sites (tertiary alicyclic amines) is 1. The molecule has 1 heterocycles. The minimum atomic E-state index is -0.867. The third-order valence-corrected chi connectivity index (χ3v) is 5.75. The van der Waals surface area contributed by atoms with Crippen molar-refractivity contribution in [3.05, 3.63) is 70.3 Å². The van der Waals surface area contributed by atoms with Crippen LogP contribution < -0.4 is 0 Å². The summed E-state index contributed by atoms with van der Waals surface area (Å²) in [6.45, 7) is 3.96. The van der Waals surface area contributed by atoms with Crippen LogP contribution in [0.15, 0.2) is 42.5 Å². The molecule has 2 atom stereocenters. The van der Waals surface area contributed by atoms with E-state index in [1.807, 2.05) is 56.3 Å². The first-order valence-corrected chi connectivity index (χ1v) is 9.10. The first-order chi connectivity index (χ1) is 12.4. The van der Waals surface area contributed by atoms with E-state index >= 15 is 0 Å². The number of aryl methyl sites for hydroxylation is 3. The van der Waals surface area contributed by atoms with Crippen LogP contribution in [0, 0.1) is 13.8 Å². The molecule has 2 amide bonds. The number of amides is 2. The maximum absolute atomic E-state index is 13.2. The number of hydrogen-bond donors (Lipinski definition) is 1. The molecule has 0 aromatic heterocycles. The zero-order valence-electron chi connectivity index (χ0n) is 15.2. The highest BCUT2D eigenvalue weighted by atomic mass is 16.3. The Morgan fingerprint density at radius 2 is 1.81 bits per heavy atom. The second-order valence-electron chi connectivity index (χ2n) is 7.66. The lowest BCUT2D eigenvalue weighted by Crippen LogP contribution is -2.39. The molecule has 0 bridgehead atoms. The van der Waals surface area contributed by atoms with E-state index in [1.165, 1.54) is 4.90 Å². The summed E-state index contributed by atoms with van der Waals surface area (Å²) in [5, 5.41) is 10.6. The Kier molecular flexibility index (Phi) is 3.96. The molecule has 0 saturated carbocycles. The normalized spacial score (nSPS) is 23.0. The van der Waals surface area contributed by atoms with Gasteiger partial charge < -0.3 is 5.11 Å². The fraction of sp³-hybridized carbons (Fsp3) is 0.364. The molecule has 26 heavy (non-hydrogen) atoms. The summed E-state index contributed by atoms with van der Waals surface area (Å²) < 4.78 is 0. The van der Waals surface area contributed by atoms with E-state index in [0.717, 1.165) is 34.2 Å². The van der Waals surface area contributed by atoms with Gasteiger partial charge in [-0.1, -0.05) is 53.6 Å². The molecule has 2 aliphatic rings. The van der Waals surface area contributed by atoms with Crippen molar-refractivity contribution in [1.29, 1.82) is 0 Å². The van der Waals surface area contributed by atoms with Gasteiger partial charge in [0, 0.05) is 6.42 Å². The van der Waals surface area contributed by atoms with Crippen LogP contribution in [0.5, 0.6) is 0 Å². The van der Waals surface area contributed by atoms with Crippen molar-refractivity contribution in [2.24, 2.45) is 0 Å². The topological polar surface area (TPSA) is 57.6 Å². The average molecular weight is 349 g/mol. The van der Waals surface area contributed by atoms with Crippen LogP contribution in [0.2, 0.25) is 0 Å². The van der Waals surface area contributed by atoms with Crippen LogP contribution in [-0.4, -0.2) is 28.4 Å². The molecule has 1 fully saturated rings. The summed E-state index contributed by atoms with van der Waals surface area (Å²) in [5.41, 5.74) is 4.28. The second-order valence-corrected chi connectivity index (χ2v) is 7.66. The Morgan fingerprint density at radius 3 is 2.54 bits per heavy atom. The first kappa shape index (κ1) is 17.0. The Labute approximate surface area is 153 Å². The summed E-state index contributed by atoms with van der Waals surface area (Å²) in [7, 11) is 0. The fourth-order valence-corrected chi connectivity index (χ4v) is 4.56. The zero-order valence-corrected chi connectivity index (χ0v) is 15.2. The van der Waals surface area contributed by atoms with Gasteiger partial charge in [-0.05, 0) is 43.4 Å². The van der Waals surface area contributed by atoms with Crippen LogP contribution in [0.1, 0.15) is 46.8 Å². The number of aliphatic hydroxyl groups excluding tert-OH is 1. The molecule has 2 aromatic rings. The quantitative estimate of drug-likeness (QED) is 0.867. The number of imide groups is 1. The van der Waals surface area contributed by atoms with Crippen molar-refractivity contribution in [1.82, 2.24) is 4.90 Å². The predicted molar refractivity (Wildman–Crippen MR) is 98.7 cm³/mol. The summed E-state index contributed by atoms with van der Waals surface area (Å²) >= 11 is 0. The molecule has 0 radical (unpaired) electrons. The SMILES string of the molecule is Cc1cc(C)cc(C(O)CN2C(=O)CC3(CCc4ccccc43)C2=O)c1. The van der Waals surface area contributed by atoms with Crippen molar-refractivity contribution >= 4 is 11.8 Å². The fourth-order valence-electron chi connectivity index (χ4n) is 4.56. The van der Waals surface area contributed by atoms with Gasteiger partial charge in [0.2, 0.25) is 11.8 Å². The number of fused-ring (bicyclic) bond motifs is 2. The van der Waals surface area contributed by atoms with Gasteiger partial charge in [0.1, 0.15) is 0 Å². The number of rotatable bonds is 3. The number of β-amino-alcohol motifs (C(OH)–C–C–N with tert-alkyl or cyclic N) is 1. The second kappa shape index (κ2) is 6.06. The smallest absolute Gasteiger partial charge is 0.240 e. The molecule has 134 valence electrons. The average Bonchev–Trinajstić information content (AvgIpc) is 3.08. The van der Waals surface area contributed by atoms with Crippen molar-refractivity contribution in [3.63, 3.8) is 0 Å². The van der Waals surface area contributed by atoms with Gasteiger partial charge in [-0.25, -0.2) is 0 Å². The monoisotopic (exact) mass is 349 g/mol.